The Labute approximate surface area is 171 Å². The fourth-order valence-corrected chi connectivity index (χ4v) is 4.54. The molecule has 0 saturated heterocycles. The van der Waals surface area contributed by atoms with Crippen molar-refractivity contribution in [1.82, 2.24) is 14.3 Å². The van der Waals surface area contributed by atoms with E-state index in [0.29, 0.717) is 22.1 Å². The largest absolute Gasteiger partial charge is 0.516 e. The fourth-order valence-electron chi connectivity index (χ4n) is 2.16. The van der Waals surface area contributed by atoms with Gasteiger partial charge in [-0.1, -0.05) is 18.5 Å². The average Bonchev–Trinajstić information content (AvgIpc) is 3.23. The van der Waals surface area contributed by atoms with Crippen LogP contribution in [-0.4, -0.2) is 28.3 Å². The van der Waals surface area contributed by atoms with Crippen LogP contribution in [0.3, 0.4) is 0 Å². The van der Waals surface area contributed by atoms with Crippen molar-refractivity contribution in [3.63, 3.8) is 0 Å². The summed E-state index contributed by atoms with van der Waals surface area (Å²) in [6.45, 7) is 2.04. The minimum absolute atomic E-state index is 0.0529. The van der Waals surface area contributed by atoms with Gasteiger partial charge in [-0.3, -0.25) is 4.72 Å². The van der Waals surface area contributed by atoms with E-state index < -0.39 is 15.5 Å². The van der Waals surface area contributed by atoms with Crippen LogP contribution in [0.4, 0.5) is 18.9 Å². The number of alkyl halides is 3. The fraction of sp³-hybridized carbons (Fsp3) is 0.267. The number of hydrogen-bond acceptors (Lipinski definition) is 7. The predicted molar refractivity (Wildman–Crippen MR) is 104 cm³/mol. The second-order valence-electron chi connectivity index (χ2n) is 5.55. The van der Waals surface area contributed by atoms with E-state index in [1.807, 2.05) is 6.92 Å². The van der Waals surface area contributed by atoms with Crippen molar-refractivity contribution in [3.05, 3.63) is 33.6 Å². The van der Waals surface area contributed by atoms with E-state index in [1.165, 1.54) is 39.7 Å². The number of sulfonamides is 1. The molecule has 0 unspecified atom stereocenters. The van der Waals surface area contributed by atoms with Crippen LogP contribution in [0.25, 0.3) is 22.1 Å². The number of nitrogens with one attached hydrogen (secondary N) is 1. The Morgan fingerprint density at radius 3 is 2.64 bits per heavy atom. The van der Waals surface area contributed by atoms with Crippen molar-refractivity contribution in [2.24, 2.45) is 0 Å². The SMILES string of the molecule is CCCc1nc(-c2nc(-c3ccc(NS(=O)(=O)C(F)(F)F)cc3Cl)cs2)ns1. The van der Waals surface area contributed by atoms with Crippen LogP contribution in [0.2, 0.25) is 5.02 Å². The first-order valence-corrected chi connectivity index (χ1v) is 11.3. The molecule has 0 aliphatic heterocycles. The van der Waals surface area contributed by atoms with Gasteiger partial charge in [0.25, 0.3) is 0 Å². The molecule has 1 aromatic carbocycles. The molecule has 3 aromatic rings. The molecule has 28 heavy (non-hydrogen) atoms. The van der Waals surface area contributed by atoms with Gasteiger partial charge >= 0.3 is 15.5 Å². The third kappa shape index (κ3) is 4.45. The zero-order valence-electron chi connectivity index (χ0n) is 14.1. The number of anilines is 1. The number of halogens is 4. The van der Waals surface area contributed by atoms with Crippen LogP contribution in [0, 0.1) is 0 Å². The van der Waals surface area contributed by atoms with Gasteiger partial charge in [-0.25, -0.2) is 9.97 Å². The number of rotatable bonds is 6. The molecule has 1 N–H and O–H groups in total. The first-order chi connectivity index (χ1) is 13.1. The minimum atomic E-state index is -5.52. The third-order valence-corrected chi connectivity index (χ3v) is 6.46. The molecular formula is C15H12ClF3N4O2S3. The molecule has 0 amide bonds. The maximum absolute atomic E-state index is 12.5. The molecule has 0 bridgehead atoms. The van der Waals surface area contributed by atoms with E-state index in [4.69, 9.17) is 11.6 Å². The summed E-state index contributed by atoms with van der Waals surface area (Å²) in [7, 11) is -5.52. The highest BCUT2D eigenvalue weighted by molar-refractivity contribution is 7.93. The number of thiazole rings is 1. The van der Waals surface area contributed by atoms with Crippen LogP contribution in [0.5, 0.6) is 0 Å². The lowest BCUT2D eigenvalue weighted by Crippen LogP contribution is -2.29. The summed E-state index contributed by atoms with van der Waals surface area (Å²) in [6.07, 6.45) is 1.79. The Morgan fingerprint density at radius 1 is 1.25 bits per heavy atom. The Kier molecular flexibility index (Phi) is 5.94. The number of nitrogens with zero attached hydrogens (tertiary/aromatic N) is 3. The number of aryl methyl sites for hydroxylation is 1. The highest BCUT2D eigenvalue weighted by Gasteiger charge is 2.46. The smallest absolute Gasteiger partial charge is 0.276 e. The molecular weight excluding hydrogens is 457 g/mol. The normalized spacial score (nSPS) is 12.3. The zero-order valence-corrected chi connectivity index (χ0v) is 17.3. The molecule has 0 aliphatic carbocycles. The predicted octanol–water partition coefficient (Wildman–Crippen LogP) is 5.20. The van der Waals surface area contributed by atoms with Gasteiger partial charge in [-0.15, -0.1) is 11.3 Å². The topological polar surface area (TPSA) is 84.8 Å². The van der Waals surface area contributed by atoms with Gasteiger partial charge in [0.15, 0.2) is 5.01 Å². The average molecular weight is 469 g/mol. The van der Waals surface area contributed by atoms with Gasteiger partial charge in [-0.05, 0) is 36.2 Å². The van der Waals surface area contributed by atoms with Gasteiger partial charge in [0.1, 0.15) is 5.01 Å². The van der Waals surface area contributed by atoms with Gasteiger partial charge in [0.05, 0.1) is 16.4 Å². The van der Waals surface area contributed by atoms with Crippen molar-refractivity contribution >= 4 is 50.2 Å². The van der Waals surface area contributed by atoms with Crippen molar-refractivity contribution < 1.29 is 21.6 Å². The molecule has 0 radical (unpaired) electrons. The van der Waals surface area contributed by atoms with Crippen LogP contribution >= 0.6 is 34.5 Å². The lowest BCUT2D eigenvalue weighted by atomic mass is 10.1. The summed E-state index contributed by atoms with van der Waals surface area (Å²) in [5.41, 5.74) is -4.78. The maximum Gasteiger partial charge on any atom is 0.516 e. The standard InChI is InChI=1S/C15H12ClF3N4O2S3/c1-2-3-12-21-13(22-27-12)14-20-11(7-26-14)9-5-4-8(6-10(9)16)23-28(24,25)15(17,18)19/h4-7,23H,2-3H2,1H3. The molecule has 13 heteroatoms. The van der Waals surface area contributed by atoms with Gasteiger partial charge in [0, 0.05) is 17.4 Å². The van der Waals surface area contributed by atoms with Crippen molar-refractivity contribution in [3.8, 4) is 22.1 Å². The van der Waals surface area contributed by atoms with Crippen molar-refractivity contribution in [1.29, 1.82) is 0 Å². The summed E-state index contributed by atoms with van der Waals surface area (Å²) in [6, 6.07) is 3.68. The van der Waals surface area contributed by atoms with Gasteiger partial charge in [0.2, 0.25) is 5.82 Å². The first kappa shape index (κ1) is 21.0. The Hall–Kier alpha value is -1.76. The number of hydrogen-bond donors (Lipinski definition) is 1. The summed E-state index contributed by atoms with van der Waals surface area (Å²) in [4.78, 5) is 8.84. The highest BCUT2D eigenvalue weighted by Crippen LogP contribution is 2.34. The van der Waals surface area contributed by atoms with Crippen LogP contribution in [0.15, 0.2) is 23.6 Å². The van der Waals surface area contributed by atoms with Crippen LogP contribution in [-0.2, 0) is 16.4 Å². The molecule has 0 spiro atoms. The van der Waals surface area contributed by atoms with E-state index in [1.54, 1.807) is 5.38 Å². The molecule has 150 valence electrons. The highest BCUT2D eigenvalue weighted by atomic mass is 35.5. The van der Waals surface area contributed by atoms with E-state index in [-0.39, 0.29) is 10.7 Å². The third-order valence-electron chi connectivity index (χ3n) is 3.43. The lowest BCUT2D eigenvalue weighted by Gasteiger charge is -2.11. The Morgan fingerprint density at radius 2 is 2.00 bits per heavy atom. The second-order valence-corrected chi connectivity index (χ2v) is 9.32. The van der Waals surface area contributed by atoms with Crippen molar-refractivity contribution in [2.75, 3.05) is 4.72 Å². The number of benzene rings is 1. The van der Waals surface area contributed by atoms with E-state index in [9.17, 15) is 21.6 Å². The van der Waals surface area contributed by atoms with Gasteiger partial charge in [-0.2, -0.15) is 26.0 Å². The molecule has 2 aromatic heterocycles. The summed E-state index contributed by atoms with van der Waals surface area (Å²) >= 11 is 8.74. The maximum atomic E-state index is 12.5. The van der Waals surface area contributed by atoms with Crippen LogP contribution < -0.4 is 4.72 Å². The lowest BCUT2D eigenvalue weighted by molar-refractivity contribution is -0.0429. The van der Waals surface area contributed by atoms with E-state index in [2.05, 4.69) is 14.3 Å². The Balaban J connectivity index is 1.84. The quantitative estimate of drug-likeness (QED) is 0.537. The first-order valence-electron chi connectivity index (χ1n) is 7.78. The molecule has 0 saturated carbocycles. The number of aromatic nitrogens is 3. The van der Waals surface area contributed by atoms with Crippen molar-refractivity contribution in [2.45, 2.75) is 25.3 Å². The molecule has 3 rings (SSSR count). The zero-order chi connectivity index (χ0) is 20.5. The van der Waals surface area contributed by atoms with E-state index >= 15 is 0 Å². The molecule has 6 nitrogen and oxygen atoms in total. The summed E-state index contributed by atoms with van der Waals surface area (Å²) in [5.74, 6) is 0.510. The minimum Gasteiger partial charge on any atom is -0.276 e. The monoisotopic (exact) mass is 468 g/mol. The second kappa shape index (κ2) is 7.93. The molecule has 2 heterocycles. The van der Waals surface area contributed by atoms with Gasteiger partial charge < -0.3 is 0 Å². The molecule has 0 fully saturated rings. The molecule has 0 aliphatic rings. The summed E-state index contributed by atoms with van der Waals surface area (Å²) < 4.78 is 65.5. The van der Waals surface area contributed by atoms with E-state index in [0.717, 1.165) is 23.9 Å². The Bertz CT molecular complexity index is 1100. The molecule has 0 atom stereocenters. The summed E-state index contributed by atoms with van der Waals surface area (Å²) in [5, 5.41) is 3.27. The van der Waals surface area contributed by atoms with Crippen LogP contribution in [0.1, 0.15) is 18.4 Å².